The quantitative estimate of drug-likeness (QED) is 0.833. The number of thiophene rings is 1. The van der Waals surface area contributed by atoms with Crippen molar-refractivity contribution in [3.05, 3.63) is 35.9 Å². The van der Waals surface area contributed by atoms with Crippen LogP contribution in [0.4, 0.5) is 10.7 Å². The molecule has 0 aliphatic carbocycles. The minimum absolute atomic E-state index is 0.126. The number of nitrogens with zero attached hydrogens (tertiary/aromatic N) is 1. The second-order valence-electron chi connectivity index (χ2n) is 4.38. The zero-order chi connectivity index (χ0) is 13.1. The van der Waals surface area contributed by atoms with Crippen LogP contribution in [0.15, 0.2) is 30.3 Å². The van der Waals surface area contributed by atoms with Gasteiger partial charge in [-0.3, -0.25) is 0 Å². The minimum atomic E-state index is 0.126. The maximum Gasteiger partial charge on any atom is 0.0909 e. The lowest BCUT2D eigenvalue weighted by atomic mass is 10.0. The lowest BCUT2D eigenvalue weighted by Gasteiger charge is -2.10. The fourth-order valence-electron chi connectivity index (χ4n) is 1.88. The molecule has 0 atom stereocenters. The smallest absolute Gasteiger partial charge is 0.0909 e. The number of benzene rings is 1. The van der Waals surface area contributed by atoms with Crippen LogP contribution in [0.25, 0.3) is 10.4 Å². The van der Waals surface area contributed by atoms with Crippen molar-refractivity contribution in [3.8, 4) is 10.4 Å². The van der Waals surface area contributed by atoms with Crippen molar-refractivity contribution in [2.45, 2.75) is 6.42 Å². The molecule has 2 rings (SSSR count). The first-order chi connectivity index (χ1) is 8.63. The summed E-state index contributed by atoms with van der Waals surface area (Å²) in [6.07, 6.45) is 0.603. The van der Waals surface area contributed by atoms with Gasteiger partial charge in [-0.05, 0) is 24.1 Å². The highest BCUT2D eigenvalue weighted by Gasteiger charge is 2.09. The molecule has 0 saturated heterocycles. The van der Waals surface area contributed by atoms with Crippen molar-refractivity contribution in [2.24, 2.45) is 0 Å². The Hall–Kier alpha value is -1.52. The van der Waals surface area contributed by atoms with Gasteiger partial charge in [-0.2, -0.15) is 0 Å². The first-order valence-electron chi connectivity index (χ1n) is 5.89. The highest BCUT2D eigenvalue weighted by atomic mass is 32.1. The number of anilines is 2. The Bertz CT molecular complexity index is 534. The number of aliphatic hydroxyl groups is 1. The van der Waals surface area contributed by atoms with Gasteiger partial charge in [0, 0.05) is 36.8 Å². The first kappa shape index (κ1) is 12.9. The summed E-state index contributed by atoms with van der Waals surface area (Å²) in [6.45, 7) is 0.126. The Morgan fingerprint density at radius 3 is 2.61 bits per heavy atom. The van der Waals surface area contributed by atoms with E-state index in [1.807, 2.05) is 32.3 Å². The Balaban J connectivity index is 2.40. The summed E-state index contributed by atoms with van der Waals surface area (Å²) >= 11 is 1.72. The van der Waals surface area contributed by atoms with E-state index in [-0.39, 0.29) is 6.61 Å². The molecule has 0 radical (unpaired) electrons. The van der Waals surface area contributed by atoms with Gasteiger partial charge in [-0.15, -0.1) is 11.3 Å². The summed E-state index contributed by atoms with van der Waals surface area (Å²) in [5.41, 5.74) is 9.01. The standard InChI is InChI=1S/C14H18N2OS/c1-16(2)13-7-6-12(18-13)11-5-3-4-10(8-9-17)14(11)15/h3-7,17H,8-9,15H2,1-2H3. The van der Waals surface area contributed by atoms with Crippen LogP contribution in [-0.4, -0.2) is 25.8 Å². The summed E-state index contributed by atoms with van der Waals surface area (Å²) in [4.78, 5) is 3.25. The number of aliphatic hydroxyl groups excluding tert-OH is 1. The van der Waals surface area contributed by atoms with Crippen LogP contribution in [0.2, 0.25) is 0 Å². The molecule has 0 amide bonds. The number of hydrogen-bond donors (Lipinski definition) is 2. The molecule has 1 heterocycles. The van der Waals surface area contributed by atoms with E-state index in [2.05, 4.69) is 17.0 Å². The molecular formula is C14H18N2OS. The van der Waals surface area contributed by atoms with Gasteiger partial charge in [0.1, 0.15) is 0 Å². The highest BCUT2D eigenvalue weighted by molar-refractivity contribution is 7.19. The number of hydrogen-bond acceptors (Lipinski definition) is 4. The maximum absolute atomic E-state index is 9.02. The summed E-state index contributed by atoms with van der Waals surface area (Å²) in [5.74, 6) is 0. The third-order valence-electron chi connectivity index (χ3n) is 2.88. The first-order valence-corrected chi connectivity index (χ1v) is 6.71. The molecule has 1 aromatic heterocycles. The molecule has 0 unspecified atom stereocenters. The van der Waals surface area contributed by atoms with E-state index in [1.54, 1.807) is 11.3 Å². The van der Waals surface area contributed by atoms with Gasteiger partial charge in [-0.1, -0.05) is 18.2 Å². The lowest BCUT2D eigenvalue weighted by molar-refractivity contribution is 0.300. The van der Waals surface area contributed by atoms with Crippen molar-refractivity contribution in [1.82, 2.24) is 0 Å². The zero-order valence-electron chi connectivity index (χ0n) is 10.7. The van der Waals surface area contributed by atoms with E-state index >= 15 is 0 Å². The Morgan fingerprint density at radius 2 is 2.00 bits per heavy atom. The number of para-hydroxylation sites is 1. The van der Waals surface area contributed by atoms with Crippen LogP contribution in [0, 0.1) is 0 Å². The molecule has 18 heavy (non-hydrogen) atoms. The predicted octanol–water partition coefficient (Wildman–Crippen LogP) is 2.60. The highest BCUT2D eigenvalue weighted by Crippen LogP contribution is 2.36. The van der Waals surface area contributed by atoms with Crippen molar-refractivity contribution in [2.75, 3.05) is 31.3 Å². The van der Waals surface area contributed by atoms with Gasteiger partial charge in [0.15, 0.2) is 0 Å². The second kappa shape index (κ2) is 5.42. The summed E-state index contributed by atoms with van der Waals surface area (Å²) < 4.78 is 0. The van der Waals surface area contributed by atoms with Crippen molar-refractivity contribution in [3.63, 3.8) is 0 Å². The van der Waals surface area contributed by atoms with Crippen molar-refractivity contribution in [1.29, 1.82) is 0 Å². The SMILES string of the molecule is CN(C)c1ccc(-c2cccc(CCO)c2N)s1. The summed E-state index contributed by atoms with van der Waals surface area (Å²) in [7, 11) is 4.06. The van der Waals surface area contributed by atoms with Crippen molar-refractivity contribution >= 4 is 22.0 Å². The molecule has 3 nitrogen and oxygen atoms in total. The number of rotatable bonds is 4. The van der Waals surface area contributed by atoms with Gasteiger partial charge in [-0.25, -0.2) is 0 Å². The average molecular weight is 262 g/mol. The minimum Gasteiger partial charge on any atom is -0.398 e. The van der Waals surface area contributed by atoms with Gasteiger partial charge in [0.05, 0.1) is 5.00 Å². The largest absolute Gasteiger partial charge is 0.398 e. The Morgan fingerprint density at radius 1 is 1.22 bits per heavy atom. The average Bonchev–Trinajstić information content (AvgIpc) is 2.81. The van der Waals surface area contributed by atoms with E-state index in [1.165, 1.54) is 5.00 Å². The summed E-state index contributed by atoms with van der Waals surface area (Å²) in [6, 6.07) is 10.2. The topological polar surface area (TPSA) is 49.5 Å². The third kappa shape index (κ3) is 2.49. The Labute approximate surface area is 111 Å². The molecule has 0 saturated carbocycles. The molecule has 0 aliphatic rings. The Kier molecular flexibility index (Phi) is 3.89. The number of nitrogens with two attached hydrogens (primary N) is 1. The van der Waals surface area contributed by atoms with E-state index in [0.29, 0.717) is 6.42 Å². The molecule has 0 aliphatic heterocycles. The third-order valence-corrected chi connectivity index (χ3v) is 4.16. The lowest BCUT2D eigenvalue weighted by Crippen LogP contribution is -2.05. The molecule has 4 heteroatoms. The van der Waals surface area contributed by atoms with E-state index in [4.69, 9.17) is 10.8 Å². The molecular weight excluding hydrogens is 244 g/mol. The van der Waals surface area contributed by atoms with Gasteiger partial charge >= 0.3 is 0 Å². The predicted molar refractivity (Wildman–Crippen MR) is 79.3 cm³/mol. The monoisotopic (exact) mass is 262 g/mol. The van der Waals surface area contributed by atoms with Crippen LogP contribution in [0.5, 0.6) is 0 Å². The van der Waals surface area contributed by atoms with Crippen LogP contribution in [0.3, 0.4) is 0 Å². The zero-order valence-corrected chi connectivity index (χ0v) is 11.5. The molecule has 0 bridgehead atoms. The van der Waals surface area contributed by atoms with Crippen molar-refractivity contribution < 1.29 is 5.11 Å². The number of nitrogen functional groups attached to an aromatic ring is 1. The van der Waals surface area contributed by atoms with Crippen LogP contribution >= 0.6 is 11.3 Å². The van der Waals surface area contributed by atoms with Gasteiger partial charge in [0.25, 0.3) is 0 Å². The molecule has 3 N–H and O–H groups in total. The molecule has 1 aromatic carbocycles. The fraction of sp³-hybridized carbons (Fsp3) is 0.286. The van der Waals surface area contributed by atoms with Crippen LogP contribution in [0.1, 0.15) is 5.56 Å². The molecule has 96 valence electrons. The molecule has 0 spiro atoms. The van der Waals surface area contributed by atoms with E-state index < -0.39 is 0 Å². The summed E-state index contributed by atoms with van der Waals surface area (Å²) in [5, 5.41) is 10.2. The van der Waals surface area contributed by atoms with Crippen LogP contribution in [-0.2, 0) is 6.42 Å². The maximum atomic E-state index is 9.02. The van der Waals surface area contributed by atoms with E-state index in [0.717, 1.165) is 21.7 Å². The van der Waals surface area contributed by atoms with Gasteiger partial charge in [0.2, 0.25) is 0 Å². The fourth-order valence-corrected chi connectivity index (χ4v) is 2.85. The second-order valence-corrected chi connectivity index (χ2v) is 5.45. The van der Waals surface area contributed by atoms with Gasteiger partial charge < -0.3 is 15.7 Å². The van der Waals surface area contributed by atoms with E-state index in [9.17, 15) is 0 Å². The molecule has 0 fully saturated rings. The van der Waals surface area contributed by atoms with Crippen LogP contribution < -0.4 is 10.6 Å². The molecule has 2 aromatic rings. The normalized spacial score (nSPS) is 10.6.